The van der Waals surface area contributed by atoms with Gasteiger partial charge in [-0.25, -0.2) is 0 Å². The van der Waals surface area contributed by atoms with E-state index in [9.17, 15) is 26.3 Å². The van der Waals surface area contributed by atoms with Crippen molar-refractivity contribution >= 4 is 0 Å². The van der Waals surface area contributed by atoms with Crippen molar-refractivity contribution in [3.63, 3.8) is 0 Å². The van der Waals surface area contributed by atoms with E-state index in [2.05, 4.69) is 10.1 Å². The molecule has 1 N–H and O–H groups in total. The Hall–Kier alpha value is -1.44. The molecule has 0 aliphatic heterocycles. The van der Waals surface area contributed by atoms with Crippen molar-refractivity contribution in [3.8, 4) is 5.75 Å². The molecule has 0 bridgehead atoms. The summed E-state index contributed by atoms with van der Waals surface area (Å²) in [6, 6.07) is 5.47. The van der Waals surface area contributed by atoms with Gasteiger partial charge in [-0.3, -0.25) is 0 Å². The van der Waals surface area contributed by atoms with Crippen LogP contribution in [0.4, 0.5) is 26.3 Å². The average Bonchev–Trinajstić information content (AvgIpc) is 2.27. The van der Waals surface area contributed by atoms with Gasteiger partial charge in [0.25, 0.3) is 0 Å². The van der Waals surface area contributed by atoms with Gasteiger partial charge in [0.1, 0.15) is 5.75 Å². The fourth-order valence-corrected chi connectivity index (χ4v) is 1.51. The first kappa shape index (κ1) is 16.6. The van der Waals surface area contributed by atoms with Crippen LogP contribution in [0, 0.1) is 0 Å². The number of rotatable bonds is 6. The molecular formula is C12H13F6NO. The van der Waals surface area contributed by atoms with E-state index in [0.29, 0.717) is 0 Å². The Bertz CT molecular complexity index is 415. The van der Waals surface area contributed by atoms with Gasteiger partial charge in [0, 0.05) is 18.5 Å². The van der Waals surface area contributed by atoms with Gasteiger partial charge in [-0.2, -0.15) is 13.2 Å². The molecule has 114 valence electrons. The Morgan fingerprint density at radius 3 is 2.25 bits per heavy atom. The molecular weight excluding hydrogens is 288 g/mol. The van der Waals surface area contributed by atoms with Crippen molar-refractivity contribution in [2.75, 3.05) is 6.54 Å². The molecule has 0 unspecified atom stereocenters. The zero-order valence-corrected chi connectivity index (χ0v) is 10.3. The van der Waals surface area contributed by atoms with Gasteiger partial charge in [-0.15, -0.1) is 13.2 Å². The SMILES string of the molecule is FC(F)(F)CCCNCc1ccccc1OC(F)(F)F. The summed E-state index contributed by atoms with van der Waals surface area (Å²) in [5.41, 5.74) is 0.233. The number of nitrogens with one attached hydrogen (secondary N) is 1. The maximum Gasteiger partial charge on any atom is 0.573 e. The average molecular weight is 301 g/mol. The number of hydrogen-bond acceptors (Lipinski definition) is 2. The third-order valence-corrected chi connectivity index (χ3v) is 2.33. The van der Waals surface area contributed by atoms with Crippen molar-refractivity contribution in [2.45, 2.75) is 31.9 Å². The van der Waals surface area contributed by atoms with Gasteiger partial charge in [0.2, 0.25) is 0 Å². The van der Waals surface area contributed by atoms with Crippen LogP contribution in [0.5, 0.6) is 5.75 Å². The first-order valence-electron chi connectivity index (χ1n) is 5.78. The topological polar surface area (TPSA) is 21.3 Å². The minimum Gasteiger partial charge on any atom is -0.405 e. The summed E-state index contributed by atoms with van der Waals surface area (Å²) in [4.78, 5) is 0. The third-order valence-electron chi connectivity index (χ3n) is 2.33. The van der Waals surface area contributed by atoms with Gasteiger partial charge < -0.3 is 10.1 Å². The summed E-state index contributed by atoms with van der Waals surface area (Å²) in [6.45, 7) is 0.0595. The summed E-state index contributed by atoms with van der Waals surface area (Å²) in [6.07, 6.45) is -10.1. The highest BCUT2D eigenvalue weighted by atomic mass is 19.4. The molecule has 0 heterocycles. The first-order chi connectivity index (χ1) is 9.17. The van der Waals surface area contributed by atoms with E-state index in [1.165, 1.54) is 18.2 Å². The second kappa shape index (κ2) is 6.83. The van der Waals surface area contributed by atoms with Crippen LogP contribution in [0.25, 0.3) is 0 Å². The summed E-state index contributed by atoms with van der Waals surface area (Å²) in [7, 11) is 0. The highest BCUT2D eigenvalue weighted by Crippen LogP contribution is 2.26. The molecule has 1 aromatic carbocycles. The number of benzene rings is 1. The zero-order chi connectivity index (χ0) is 15.2. The van der Waals surface area contributed by atoms with Crippen molar-refractivity contribution in [2.24, 2.45) is 0 Å². The normalized spacial score (nSPS) is 12.5. The second-order valence-corrected chi connectivity index (χ2v) is 4.05. The van der Waals surface area contributed by atoms with E-state index in [-0.39, 0.29) is 30.8 Å². The van der Waals surface area contributed by atoms with Crippen LogP contribution in [0.1, 0.15) is 18.4 Å². The lowest BCUT2D eigenvalue weighted by molar-refractivity contribution is -0.274. The lowest BCUT2D eigenvalue weighted by atomic mass is 10.2. The molecule has 0 aromatic heterocycles. The van der Waals surface area contributed by atoms with Gasteiger partial charge in [-0.05, 0) is 19.0 Å². The molecule has 0 aliphatic rings. The summed E-state index contributed by atoms with van der Waals surface area (Å²) in [5.74, 6) is -0.358. The van der Waals surface area contributed by atoms with Crippen molar-refractivity contribution in [1.82, 2.24) is 5.32 Å². The van der Waals surface area contributed by atoms with E-state index in [0.717, 1.165) is 6.07 Å². The largest absolute Gasteiger partial charge is 0.573 e. The molecule has 0 aliphatic carbocycles. The Kier molecular flexibility index (Phi) is 5.67. The number of para-hydroxylation sites is 1. The lowest BCUT2D eigenvalue weighted by Crippen LogP contribution is -2.21. The number of alkyl halides is 6. The lowest BCUT2D eigenvalue weighted by Gasteiger charge is -2.13. The van der Waals surface area contributed by atoms with Crippen molar-refractivity contribution in [1.29, 1.82) is 0 Å². The second-order valence-electron chi connectivity index (χ2n) is 4.05. The van der Waals surface area contributed by atoms with Gasteiger partial charge >= 0.3 is 12.5 Å². The van der Waals surface area contributed by atoms with Crippen LogP contribution >= 0.6 is 0 Å². The highest BCUT2D eigenvalue weighted by Gasteiger charge is 2.31. The van der Waals surface area contributed by atoms with Crippen LogP contribution in [-0.4, -0.2) is 19.1 Å². The molecule has 0 spiro atoms. The monoisotopic (exact) mass is 301 g/mol. The minimum absolute atomic E-state index is 0.00408. The fourth-order valence-electron chi connectivity index (χ4n) is 1.51. The molecule has 8 heteroatoms. The standard InChI is InChI=1S/C12H13F6NO/c13-11(14,15)6-3-7-19-8-9-4-1-2-5-10(9)20-12(16,17)18/h1-2,4-5,19H,3,6-8H2. The van der Waals surface area contributed by atoms with E-state index >= 15 is 0 Å². The molecule has 0 amide bonds. The first-order valence-corrected chi connectivity index (χ1v) is 5.78. The third kappa shape index (κ3) is 7.22. The van der Waals surface area contributed by atoms with Gasteiger partial charge in [-0.1, -0.05) is 18.2 Å². The zero-order valence-electron chi connectivity index (χ0n) is 10.3. The molecule has 0 fully saturated rings. The molecule has 0 saturated carbocycles. The van der Waals surface area contributed by atoms with Crippen LogP contribution in [0.2, 0.25) is 0 Å². The highest BCUT2D eigenvalue weighted by molar-refractivity contribution is 5.33. The smallest absolute Gasteiger partial charge is 0.405 e. The number of ether oxygens (including phenoxy) is 1. The molecule has 1 aromatic rings. The van der Waals surface area contributed by atoms with Gasteiger partial charge in [0.15, 0.2) is 0 Å². The van der Waals surface area contributed by atoms with Crippen LogP contribution in [0.15, 0.2) is 24.3 Å². The Morgan fingerprint density at radius 1 is 1.00 bits per heavy atom. The summed E-state index contributed by atoms with van der Waals surface area (Å²) in [5, 5.41) is 2.65. The van der Waals surface area contributed by atoms with E-state index in [1.807, 2.05) is 0 Å². The number of halogens is 6. The van der Waals surface area contributed by atoms with E-state index < -0.39 is 19.0 Å². The van der Waals surface area contributed by atoms with Crippen LogP contribution < -0.4 is 10.1 Å². The maximum absolute atomic E-state index is 12.1. The maximum atomic E-state index is 12.1. The van der Waals surface area contributed by atoms with Gasteiger partial charge in [0.05, 0.1) is 0 Å². The quantitative estimate of drug-likeness (QED) is 0.633. The predicted molar refractivity (Wildman–Crippen MR) is 60.1 cm³/mol. The molecule has 1 rings (SSSR count). The fraction of sp³-hybridized carbons (Fsp3) is 0.500. The van der Waals surface area contributed by atoms with Crippen LogP contribution in [-0.2, 0) is 6.54 Å². The summed E-state index contributed by atoms with van der Waals surface area (Å²) >= 11 is 0. The Morgan fingerprint density at radius 2 is 1.65 bits per heavy atom. The molecule has 20 heavy (non-hydrogen) atoms. The predicted octanol–water partition coefficient (Wildman–Crippen LogP) is 4.02. The molecule has 0 atom stereocenters. The molecule has 0 radical (unpaired) electrons. The van der Waals surface area contributed by atoms with Crippen molar-refractivity contribution < 1.29 is 31.1 Å². The Labute approximate surface area is 111 Å². The van der Waals surface area contributed by atoms with Crippen molar-refractivity contribution in [3.05, 3.63) is 29.8 Å². The van der Waals surface area contributed by atoms with E-state index in [4.69, 9.17) is 0 Å². The molecule has 2 nitrogen and oxygen atoms in total. The van der Waals surface area contributed by atoms with E-state index in [1.54, 1.807) is 0 Å². The molecule has 0 saturated heterocycles. The summed E-state index contributed by atoms with van der Waals surface area (Å²) < 4.78 is 75.9. The van der Waals surface area contributed by atoms with Crippen LogP contribution in [0.3, 0.4) is 0 Å². The minimum atomic E-state index is -4.80. The Balaban J connectivity index is 2.44. The number of hydrogen-bond donors (Lipinski definition) is 1.